The van der Waals surface area contributed by atoms with Crippen LogP contribution in [0.3, 0.4) is 0 Å². The molecule has 1 unspecified atom stereocenters. The van der Waals surface area contributed by atoms with Crippen LogP contribution in [-0.4, -0.2) is 36.3 Å². The summed E-state index contributed by atoms with van der Waals surface area (Å²) in [5, 5.41) is 0. The van der Waals surface area contributed by atoms with Crippen LogP contribution in [0.15, 0.2) is 48.5 Å². The van der Waals surface area contributed by atoms with Crippen molar-refractivity contribution in [1.82, 2.24) is 4.90 Å². The standard InChI is InChI=1S/C22H22N2O4/c1-28-18-5-2-4-16(14-18)19-6-3-13-23(19)22(27)15-7-9-17(10-8-15)24-20(25)11-12-21(24)26/h2,4-5,7-10,14,19H,3,6,11-13H2,1H3. The lowest BCUT2D eigenvalue weighted by atomic mass is 10.0. The Balaban J connectivity index is 1.55. The predicted molar refractivity (Wildman–Crippen MR) is 104 cm³/mol. The quantitative estimate of drug-likeness (QED) is 0.766. The Bertz CT molecular complexity index is 906. The number of hydrogen-bond donors (Lipinski definition) is 0. The van der Waals surface area contributed by atoms with Gasteiger partial charge < -0.3 is 9.64 Å². The van der Waals surface area contributed by atoms with Gasteiger partial charge in [0.1, 0.15) is 5.75 Å². The second-order valence-electron chi connectivity index (χ2n) is 7.10. The molecular formula is C22H22N2O4. The number of benzene rings is 2. The van der Waals surface area contributed by atoms with E-state index in [4.69, 9.17) is 4.74 Å². The van der Waals surface area contributed by atoms with Crippen LogP contribution in [0.5, 0.6) is 5.75 Å². The van der Waals surface area contributed by atoms with E-state index in [1.165, 1.54) is 4.90 Å². The van der Waals surface area contributed by atoms with Crippen molar-refractivity contribution in [2.75, 3.05) is 18.6 Å². The molecule has 1 atom stereocenters. The molecule has 2 aromatic carbocycles. The number of likely N-dealkylation sites (tertiary alicyclic amines) is 1. The number of methoxy groups -OCH3 is 1. The fourth-order valence-corrected chi connectivity index (χ4v) is 3.99. The van der Waals surface area contributed by atoms with Gasteiger partial charge >= 0.3 is 0 Å². The van der Waals surface area contributed by atoms with E-state index in [0.717, 1.165) is 24.2 Å². The number of anilines is 1. The molecule has 0 aliphatic carbocycles. The Morgan fingerprint density at radius 1 is 1.04 bits per heavy atom. The molecule has 2 heterocycles. The summed E-state index contributed by atoms with van der Waals surface area (Å²) in [4.78, 5) is 39.9. The molecule has 0 radical (unpaired) electrons. The monoisotopic (exact) mass is 378 g/mol. The normalized spacial score (nSPS) is 19.4. The van der Waals surface area contributed by atoms with Gasteiger partial charge in [-0.3, -0.25) is 19.3 Å². The number of rotatable bonds is 4. The average Bonchev–Trinajstić information content (AvgIpc) is 3.34. The van der Waals surface area contributed by atoms with Gasteiger partial charge in [0.15, 0.2) is 0 Å². The fourth-order valence-electron chi connectivity index (χ4n) is 3.99. The van der Waals surface area contributed by atoms with Crippen LogP contribution >= 0.6 is 0 Å². The van der Waals surface area contributed by atoms with E-state index >= 15 is 0 Å². The maximum absolute atomic E-state index is 13.1. The van der Waals surface area contributed by atoms with Gasteiger partial charge in [0, 0.05) is 24.9 Å². The van der Waals surface area contributed by atoms with Crippen molar-refractivity contribution in [2.24, 2.45) is 0 Å². The molecule has 2 aliphatic rings. The van der Waals surface area contributed by atoms with Crippen molar-refractivity contribution in [2.45, 2.75) is 31.7 Å². The fraction of sp³-hybridized carbons (Fsp3) is 0.318. The van der Waals surface area contributed by atoms with Gasteiger partial charge in [0.05, 0.1) is 18.8 Å². The van der Waals surface area contributed by atoms with Gasteiger partial charge in [-0.25, -0.2) is 0 Å². The highest BCUT2D eigenvalue weighted by molar-refractivity contribution is 6.19. The van der Waals surface area contributed by atoms with E-state index in [2.05, 4.69) is 0 Å². The molecule has 0 spiro atoms. The Morgan fingerprint density at radius 3 is 2.43 bits per heavy atom. The van der Waals surface area contributed by atoms with E-state index < -0.39 is 0 Å². The molecule has 2 aliphatic heterocycles. The van der Waals surface area contributed by atoms with Gasteiger partial charge in [0.25, 0.3) is 5.91 Å². The molecule has 0 N–H and O–H groups in total. The van der Waals surface area contributed by atoms with Gasteiger partial charge in [-0.2, -0.15) is 0 Å². The number of amides is 3. The molecule has 28 heavy (non-hydrogen) atoms. The minimum absolute atomic E-state index is 0.0176. The smallest absolute Gasteiger partial charge is 0.254 e. The molecular weight excluding hydrogens is 356 g/mol. The van der Waals surface area contributed by atoms with Crippen LogP contribution in [0.1, 0.15) is 47.6 Å². The van der Waals surface area contributed by atoms with Gasteiger partial charge in [-0.15, -0.1) is 0 Å². The van der Waals surface area contributed by atoms with Crippen molar-refractivity contribution < 1.29 is 19.1 Å². The molecule has 4 rings (SSSR count). The summed E-state index contributed by atoms with van der Waals surface area (Å²) < 4.78 is 5.31. The first-order chi connectivity index (χ1) is 13.6. The largest absolute Gasteiger partial charge is 0.497 e. The molecule has 3 amide bonds. The number of hydrogen-bond acceptors (Lipinski definition) is 4. The number of carbonyl (C=O) groups is 3. The van der Waals surface area contributed by atoms with Crippen LogP contribution in [0.25, 0.3) is 0 Å². The lowest BCUT2D eigenvalue weighted by Gasteiger charge is -2.25. The zero-order valence-electron chi connectivity index (χ0n) is 15.8. The first-order valence-electron chi connectivity index (χ1n) is 9.49. The van der Waals surface area contributed by atoms with Gasteiger partial charge in [0.2, 0.25) is 11.8 Å². The molecule has 6 heteroatoms. The van der Waals surface area contributed by atoms with Crippen LogP contribution in [-0.2, 0) is 9.59 Å². The van der Waals surface area contributed by atoms with E-state index in [-0.39, 0.29) is 36.6 Å². The highest BCUT2D eigenvalue weighted by Crippen LogP contribution is 2.34. The van der Waals surface area contributed by atoms with Crippen LogP contribution in [0, 0.1) is 0 Å². The number of ether oxygens (including phenoxy) is 1. The number of imide groups is 1. The van der Waals surface area contributed by atoms with Gasteiger partial charge in [-0.1, -0.05) is 12.1 Å². The van der Waals surface area contributed by atoms with E-state index in [9.17, 15) is 14.4 Å². The molecule has 2 saturated heterocycles. The lowest BCUT2D eigenvalue weighted by molar-refractivity contribution is -0.121. The second-order valence-corrected chi connectivity index (χ2v) is 7.10. The molecule has 2 fully saturated rings. The second kappa shape index (κ2) is 7.46. The van der Waals surface area contributed by atoms with Crippen molar-refractivity contribution in [1.29, 1.82) is 0 Å². The summed E-state index contributed by atoms with van der Waals surface area (Å²) in [7, 11) is 1.63. The van der Waals surface area contributed by atoms with Crippen LogP contribution < -0.4 is 9.64 Å². The zero-order chi connectivity index (χ0) is 19.7. The van der Waals surface area contributed by atoms with E-state index in [1.54, 1.807) is 31.4 Å². The third-order valence-corrected chi connectivity index (χ3v) is 5.42. The maximum atomic E-state index is 13.1. The summed E-state index contributed by atoms with van der Waals surface area (Å²) in [6.45, 7) is 0.700. The topological polar surface area (TPSA) is 66.9 Å². The molecule has 144 valence electrons. The van der Waals surface area contributed by atoms with Crippen molar-refractivity contribution >= 4 is 23.4 Å². The first-order valence-corrected chi connectivity index (χ1v) is 9.49. The predicted octanol–water partition coefficient (Wildman–Crippen LogP) is 3.33. The number of carbonyl (C=O) groups excluding carboxylic acids is 3. The van der Waals surface area contributed by atoms with Crippen molar-refractivity contribution in [3.05, 3.63) is 59.7 Å². The van der Waals surface area contributed by atoms with Crippen LogP contribution in [0.4, 0.5) is 5.69 Å². The Morgan fingerprint density at radius 2 is 1.75 bits per heavy atom. The third kappa shape index (κ3) is 3.26. The highest BCUT2D eigenvalue weighted by atomic mass is 16.5. The number of nitrogens with zero attached hydrogens (tertiary/aromatic N) is 2. The highest BCUT2D eigenvalue weighted by Gasteiger charge is 2.32. The first kappa shape index (κ1) is 18.2. The Labute approximate surface area is 163 Å². The minimum atomic E-state index is -0.193. The van der Waals surface area contributed by atoms with Crippen molar-refractivity contribution in [3.8, 4) is 5.75 Å². The summed E-state index contributed by atoms with van der Waals surface area (Å²) in [5.41, 5.74) is 2.14. The molecule has 0 bridgehead atoms. The van der Waals surface area contributed by atoms with Gasteiger partial charge in [-0.05, 0) is 54.8 Å². The molecule has 0 saturated carbocycles. The average molecular weight is 378 g/mol. The zero-order valence-corrected chi connectivity index (χ0v) is 15.8. The summed E-state index contributed by atoms with van der Waals surface area (Å²) in [6.07, 6.45) is 2.35. The summed E-state index contributed by atoms with van der Waals surface area (Å²) >= 11 is 0. The van der Waals surface area contributed by atoms with E-state index in [0.29, 0.717) is 17.8 Å². The third-order valence-electron chi connectivity index (χ3n) is 5.42. The van der Waals surface area contributed by atoms with Crippen LogP contribution in [0.2, 0.25) is 0 Å². The minimum Gasteiger partial charge on any atom is -0.497 e. The SMILES string of the molecule is COc1cccc(C2CCCN2C(=O)c2ccc(N3C(=O)CCC3=O)cc2)c1. The Hall–Kier alpha value is -3.15. The lowest BCUT2D eigenvalue weighted by Crippen LogP contribution is -2.31. The Kier molecular flexibility index (Phi) is 4.86. The maximum Gasteiger partial charge on any atom is 0.254 e. The molecule has 2 aromatic rings. The van der Waals surface area contributed by atoms with Crippen molar-refractivity contribution in [3.63, 3.8) is 0 Å². The molecule has 0 aromatic heterocycles. The summed E-state index contributed by atoms with van der Waals surface area (Å²) in [6, 6.07) is 14.6. The summed E-state index contributed by atoms with van der Waals surface area (Å²) in [5.74, 6) is 0.348. The van der Waals surface area contributed by atoms with E-state index in [1.807, 2.05) is 29.2 Å². The molecule has 6 nitrogen and oxygen atoms in total.